The van der Waals surface area contributed by atoms with Gasteiger partial charge in [0, 0.05) is 12.3 Å². The first-order valence-electron chi connectivity index (χ1n) is 4.72. The van der Waals surface area contributed by atoms with Gasteiger partial charge < -0.3 is 10.2 Å². The Morgan fingerprint density at radius 2 is 1.75 bits per heavy atom. The van der Waals surface area contributed by atoms with Crippen LogP contribution >= 0.6 is 0 Å². The summed E-state index contributed by atoms with van der Waals surface area (Å²) in [5, 5.41) is 18.1. The van der Waals surface area contributed by atoms with Crippen LogP contribution in [-0.2, 0) is 0 Å². The molecule has 4 heteroatoms. The van der Waals surface area contributed by atoms with Gasteiger partial charge in [0.05, 0.1) is 11.9 Å². The van der Waals surface area contributed by atoms with E-state index in [0.29, 0.717) is 5.69 Å². The Kier molecular flexibility index (Phi) is 2.82. The van der Waals surface area contributed by atoms with Crippen LogP contribution in [0, 0.1) is 0 Å². The van der Waals surface area contributed by atoms with Gasteiger partial charge in [0.2, 0.25) is 5.88 Å². The highest BCUT2D eigenvalue weighted by Crippen LogP contribution is 2.14. The van der Waals surface area contributed by atoms with E-state index in [1.807, 2.05) is 0 Å². The molecular weight excluding hydrogens is 204 g/mol. The molecule has 4 nitrogen and oxygen atoms in total. The monoisotopic (exact) mass is 214 g/mol. The molecule has 1 heterocycles. The molecule has 1 aromatic carbocycles. The number of pyridine rings is 1. The van der Waals surface area contributed by atoms with Crippen LogP contribution in [0.3, 0.4) is 0 Å². The summed E-state index contributed by atoms with van der Waals surface area (Å²) in [5.74, 6) is 0.201. The van der Waals surface area contributed by atoms with Gasteiger partial charge in [-0.1, -0.05) is 0 Å². The summed E-state index contributed by atoms with van der Waals surface area (Å²) in [4.78, 5) is 7.87. The van der Waals surface area contributed by atoms with Crippen LogP contribution in [0.2, 0.25) is 0 Å². The van der Waals surface area contributed by atoms with Crippen LogP contribution in [-0.4, -0.2) is 21.4 Å². The quantitative estimate of drug-likeness (QED) is 0.753. The lowest BCUT2D eigenvalue weighted by atomic mass is 10.2. The van der Waals surface area contributed by atoms with E-state index in [1.54, 1.807) is 36.5 Å². The lowest BCUT2D eigenvalue weighted by molar-refractivity contribution is 0.453. The van der Waals surface area contributed by atoms with Crippen LogP contribution in [0.15, 0.2) is 47.6 Å². The third kappa shape index (κ3) is 2.57. The fourth-order valence-corrected chi connectivity index (χ4v) is 1.16. The van der Waals surface area contributed by atoms with Crippen LogP contribution in [0.1, 0.15) is 5.56 Å². The molecule has 80 valence electrons. The zero-order chi connectivity index (χ0) is 11.4. The predicted molar refractivity (Wildman–Crippen MR) is 61.3 cm³/mol. The molecule has 0 saturated heterocycles. The first kappa shape index (κ1) is 10.2. The lowest BCUT2D eigenvalue weighted by Gasteiger charge is -1.95. The van der Waals surface area contributed by atoms with Gasteiger partial charge in [0.15, 0.2) is 0 Å². The number of benzene rings is 1. The maximum Gasteiger partial charge on any atom is 0.210 e. The third-order valence-corrected chi connectivity index (χ3v) is 1.99. The molecule has 0 atom stereocenters. The summed E-state index contributed by atoms with van der Waals surface area (Å²) in [6.45, 7) is 0. The molecule has 0 fully saturated rings. The number of aromatic nitrogens is 1. The van der Waals surface area contributed by atoms with Gasteiger partial charge in [0.25, 0.3) is 0 Å². The molecule has 0 aliphatic rings. The maximum absolute atomic E-state index is 9.09. The van der Waals surface area contributed by atoms with Crippen LogP contribution in [0.5, 0.6) is 11.6 Å². The Bertz CT molecular complexity index is 442. The molecular formula is C12H10N2O2. The molecule has 0 bridgehead atoms. The highest BCUT2D eigenvalue weighted by molar-refractivity contribution is 5.81. The second kappa shape index (κ2) is 4.44. The SMILES string of the molecule is Oc1ccc(/C=N/c2ccc(O)nc2)cc1. The summed E-state index contributed by atoms with van der Waals surface area (Å²) < 4.78 is 0. The Morgan fingerprint density at radius 1 is 1.00 bits per heavy atom. The number of aromatic hydroxyl groups is 2. The summed E-state index contributed by atoms with van der Waals surface area (Å²) >= 11 is 0. The van der Waals surface area contributed by atoms with E-state index in [1.165, 1.54) is 12.3 Å². The van der Waals surface area contributed by atoms with Crippen molar-refractivity contribution in [3.8, 4) is 11.6 Å². The number of aliphatic imine (C=N–C) groups is 1. The zero-order valence-corrected chi connectivity index (χ0v) is 8.41. The average molecular weight is 214 g/mol. The van der Waals surface area contributed by atoms with Gasteiger partial charge in [-0.2, -0.15) is 0 Å². The summed E-state index contributed by atoms with van der Waals surface area (Å²) in [5.41, 5.74) is 1.54. The number of nitrogens with zero attached hydrogens (tertiary/aromatic N) is 2. The minimum atomic E-state index is -0.0245. The summed E-state index contributed by atoms with van der Waals surface area (Å²) in [6.07, 6.45) is 3.14. The van der Waals surface area contributed by atoms with Gasteiger partial charge in [0.1, 0.15) is 5.75 Å². The Labute approximate surface area is 92.6 Å². The fraction of sp³-hybridized carbons (Fsp3) is 0. The Morgan fingerprint density at radius 3 is 2.38 bits per heavy atom. The van der Waals surface area contributed by atoms with Crippen molar-refractivity contribution in [1.82, 2.24) is 4.98 Å². The number of hydrogen-bond acceptors (Lipinski definition) is 4. The van der Waals surface area contributed by atoms with Crippen LogP contribution < -0.4 is 0 Å². The molecule has 0 radical (unpaired) electrons. The topological polar surface area (TPSA) is 65.7 Å². The first-order chi connectivity index (χ1) is 7.74. The van der Waals surface area contributed by atoms with E-state index in [0.717, 1.165) is 5.56 Å². The third-order valence-electron chi connectivity index (χ3n) is 1.99. The average Bonchev–Trinajstić information content (AvgIpc) is 2.30. The zero-order valence-electron chi connectivity index (χ0n) is 8.41. The Hall–Kier alpha value is -2.36. The summed E-state index contributed by atoms with van der Waals surface area (Å²) in [6, 6.07) is 9.84. The van der Waals surface area contributed by atoms with Gasteiger partial charge in [-0.3, -0.25) is 4.99 Å². The molecule has 0 amide bonds. The van der Waals surface area contributed by atoms with Gasteiger partial charge in [-0.15, -0.1) is 0 Å². The van der Waals surface area contributed by atoms with E-state index in [2.05, 4.69) is 9.98 Å². The normalized spacial score (nSPS) is 10.8. The van der Waals surface area contributed by atoms with E-state index in [4.69, 9.17) is 10.2 Å². The molecule has 0 aliphatic carbocycles. The minimum Gasteiger partial charge on any atom is -0.508 e. The predicted octanol–water partition coefficient (Wildman–Crippen LogP) is 2.24. The molecule has 0 spiro atoms. The molecule has 16 heavy (non-hydrogen) atoms. The first-order valence-corrected chi connectivity index (χ1v) is 4.72. The Balaban J connectivity index is 2.15. The van der Waals surface area contributed by atoms with E-state index in [-0.39, 0.29) is 11.6 Å². The molecule has 0 aliphatic heterocycles. The second-order valence-electron chi connectivity index (χ2n) is 3.22. The standard InChI is InChI=1S/C12H10N2O2/c15-11-4-1-9(2-5-11)7-13-10-3-6-12(16)14-8-10/h1-8,15H,(H,14,16)/b13-7+. The molecule has 2 N–H and O–H groups in total. The van der Waals surface area contributed by atoms with Gasteiger partial charge in [-0.25, -0.2) is 4.98 Å². The highest BCUT2D eigenvalue weighted by atomic mass is 16.3. The van der Waals surface area contributed by atoms with Crippen molar-refractivity contribution in [2.75, 3.05) is 0 Å². The number of hydrogen-bond donors (Lipinski definition) is 2. The van der Waals surface area contributed by atoms with Crippen LogP contribution in [0.4, 0.5) is 5.69 Å². The molecule has 0 saturated carbocycles. The van der Waals surface area contributed by atoms with Gasteiger partial charge in [-0.05, 0) is 35.9 Å². The molecule has 0 unspecified atom stereocenters. The summed E-state index contributed by atoms with van der Waals surface area (Å²) in [7, 11) is 0. The van der Waals surface area contributed by atoms with E-state index < -0.39 is 0 Å². The lowest BCUT2D eigenvalue weighted by Crippen LogP contribution is -1.79. The minimum absolute atomic E-state index is 0.0245. The molecule has 1 aromatic heterocycles. The van der Waals surface area contributed by atoms with Crippen molar-refractivity contribution in [2.45, 2.75) is 0 Å². The van der Waals surface area contributed by atoms with Crippen molar-refractivity contribution in [3.05, 3.63) is 48.2 Å². The van der Waals surface area contributed by atoms with Crippen molar-refractivity contribution >= 4 is 11.9 Å². The molecule has 2 rings (SSSR count). The van der Waals surface area contributed by atoms with Crippen LogP contribution in [0.25, 0.3) is 0 Å². The number of rotatable bonds is 2. The highest BCUT2D eigenvalue weighted by Gasteiger charge is 1.91. The van der Waals surface area contributed by atoms with E-state index >= 15 is 0 Å². The van der Waals surface area contributed by atoms with Crippen molar-refractivity contribution in [2.24, 2.45) is 4.99 Å². The van der Waals surface area contributed by atoms with Crippen molar-refractivity contribution < 1.29 is 10.2 Å². The van der Waals surface area contributed by atoms with Crippen molar-refractivity contribution in [3.63, 3.8) is 0 Å². The second-order valence-corrected chi connectivity index (χ2v) is 3.22. The van der Waals surface area contributed by atoms with Crippen molar-refractivity contribution in [1.29, 1.82) is 0 Å². The van der Waals surface area contributed by atoms with Gasteiger partial charge >= 0.3 is 0 Å². The largest absolute Gasteiger partial charge is 0.508 e. The fourth-order valence-electron chi connectivity index (χ4n) is 1.16. The molecule has 2 aromatic rings. The van der Waals surface area contributed by atoms with E-state index in [9.17, 15) is 0 Å². The number of phenolic OH excluding ortho intramolecular Hbond substituents is 1. The maximum atomic E-state index is 9.09. The number of phenols is 1. The smallest absolute Gasteiger partial charge is 0.210 e.